The van der Waals surface area contributed by atoms with Crippen LogP contribution >= 0.6 is 35.3 Å². The van der Waals surface area contributed by atoms with Gasteiger partial charge in [-0.05, 0) is 24.5 Å². The number of carbonyl (C=O) groups excluding carboxylic acids is 1. The Morgan fingerprint density at radius 1 is 1.26 bits per heavy atom. The van der Waals surface area contributed by atoms with Crippen LogP contribution in [-0.2, 0) is 24.4 Å². The number of halogens is 1. The molecule has 0 fully saturated rings. The number of hydrogen-bond acceptors (Lipinski definition) is 4. The average molecular weight is 499 g/mol. The van der Waals surface area contributed by atoms with Crippen LogP contribution in [0.1, 0.15) is 33.9 Å². The first-order valence-electron chi connectivity index (χ1n) is 8.86. The van der Waals surface area contributed by atoms with Crippen molar-refractivity contribution in [2.75, 3.05) is 13.6 Å². The number of hydrogen-bond donors (Lipinski definition) is 2. The van der Waals surface area contributed by atoms with Gasteiger partial charge in [-0.25, -0.2) is 4.98 Å². The molecule has 1 aliphatic rings. The summed E-state index contributed by atoms with van der Waals surface area (Å²) in [5.41, 5.74) is 2.53. The van der Waals surface area contributed by atoms with E-state index in [1.807, 2.05) is 30.2 Å². The number of benzene rings is 1. The molecule has 0 radical (unpaired) electrons. The van der Waals surface area contributed by atoms with E-state index in [1.165, 1.54) is 16.0 Å². The summed E-state index contributed by atoms with van der Waals surface area (Å²) in [5.74, 6) is 0.947. The van der Waals surface area contributed by atoms with Gasteiger partial charge in [0.15, 0.2) is 5.96 Å². The number of aliphatic imine (C=N–C) groups is 1. The van der Waals surface area contributed by atoms with E-state index in [0.29, 0.717) is 19.5 Å². The van der Waals surface area contributed by atoms with Gasteiger partial charge in [-0.3, -0.25) is 9.79 Å². The van der Waals surface area contributed by atoms with Gasteiger partial charge in [-0.1, -0.05) is 24.3 Å². The molecule has 8 heteroatoms. The SMILES string of the molecule is CN=C(NCCCC(=O)N1Cc2ccccc2C1)NCc1ncc(C)s1.I. The van der Waals surface area contributed by atoms with Crippen molar-refractivity contribution < 1.29 is 4.79 Å². The lowest BCUT2D eigenvalue weighted by atomic mass is 10.1. The standard InChI is InChI=1S/C19H25N5OS.HI/c1-14-10-22-17(26-14)11-23-19(20-2)21-9-5-8-18(25)24-12-15-6-3-4-7-16(15)13-24;/h3-4,6-7,10H,5,8-9,11-13H2,1-2H3,(H2,20,21,23);1H. The molecule has 0 bridgehead atoms. The summed E-state index contributed by atoms with van der Waals surface area (Å²) in [7, 11) is 1.75. The summed E-state index contributed by atoms with van der Waals surface area (Å²) in [6.07, 6.45) is 3.20. The molecule has 6 nitrogen and oxygen atoms in total. The van der Waals surface area contributed by atoms with Crippen LogP contribution in [0.3, 0.4) is 0 Å². The number of nitrogens with zero attached hydrogens (tertiary/aromatic N) is 3. The topological polar surface area (TPSA) is 69.6 Å². The van der Waals surface area contributed by atoms with Crippen LogP contribution in [0.25, 0.3) is 0 Å². The lowest BCUT2D eigenvalue weighted by Gasteiger charge is -2.16. The third kappa shape index (κ3) is 6.17. The third-order valence-corrected chi connectivity index (χ3v) is 5.27. The van der Waals surface area contributed by atoms with E-state index in [0.717, 1.165) is 30.5 Å². The molecule has 1 aliphatic heterocycles. The molecule has 27 heavy (non-hydrogen) atoms. The van der Waals surface area contributed by atoms with Crippen molar-refractivity contribution in [2.45, 2.75) is 39.4 Å². The Hall–Kier alpha value is -1.68. The number of aromatic nitrogens is 1. The second-order valence-corrected chi connectivity index (χ2v) is 7.66. The summed E-state index contributed by atoms with van der Waals surface area (Å²) >= 11 is 1.67. The molecule has 2 aromatic rings. The van der Waals surface area contributed by atoms with E-state index >= 15 is 0 Å². The van der Waals surface area contributed by atoms with Crippen molar-refractivity contribution in [2.24, 2.45) is 4.99 Å². The smallest absolute Gasteiger partial charge is 0.223 e. The minimum Gasteiger partial charge on any atom is -0.356 e. The molecule has 3 rings (SSSR count). The van der Waals surface area contributed by atoms with E-state index in [-0.39, 0.29) is 29.9 Å². The Kier molecular flexibility index (Phi) is 8.49. The molecule has 1 amide bonds. The minimum absolute atomic E-state index is 0. The molecule has 0 saturated heterocycles. The first kappa shape index (κ1) is 21.6. The van der Waals surface area contributed by atoms with Crippen LogP contribution in [0, 0.1) is 6.92 Å². The van der Waals surface area contributed by atoms with Crippen LogP contribution in [0.4, 0.5) is 0 Å². The summed E-state index contributed by atoms with van der Waals surface area (Å²) in [4.78, 5) is 24.1. The van der Waals surface area contributed by atoms with Crippen LogP contribution in [-0.4, -0.2) is 35.3 Å². The lowest BCUT2D eigenvalue weighted by molar-refractivity contribution is -0.131. The van der Waals surface area contributed by atoms with E-state index in [9.17, 15) is 4.79 Å². The van der Waals surface area contributed by atoms with Crippen molar-refractivity contribution >= 4 is 47.2 Å². The first-order valence-corrected chi connectivity index (χ1v) is 9.67. The monoisotopic (exact) mass is 499 g/mol. The van der Waals surface area contributed by atoms with Crippen LogP contribution in [0.15, 0.2) is 35.5 Å². The van der Waals surface area contributed by atoms with Gasteiger partial charge in [0.25, 0.3) is 0 Å². The highest BCUT2D eigenvalue weighted by molar-refractivity contribution is 14.0. The molecule has 1 aromatic carbocycles. The van der Waals surface area contributed by atoms with Crippen molar-refractivity contribution in [3.8, 4) is 0 Å². The van der Waals surface area contributed by atoms with Crippen LogP contribution in [0.2, 0.25) is 0 Å². The number of thiazole rings is 1. The molecule has 1 aromatic heterocycles. The number of rotatable bonds is 6. The molecule has 146 valence electrons. The van der Waals surface area contributed by atoms with E-state index in [1.54, 1.807) is 18.4 Å². The van der Waals surface area contributed by atoms with Crippen molar-refractivity contribution in [3.05, 3.63) is 51.5 Å². The Morgan fingerprint density at radius 3 is 2.56 bits per heavy atom. The van der Waals surface area contributed by atoms with Gasteiger partial charge >= 0.3 is 0 Å². The maximum Gasteiger partial charge on any atom is 0.223 e. The number of carbonyl (C=O) groups is 1. The Balaban J connectivity index is 0.00000261. The molecule has 0 aliphatic carbocycles. The van der Waals surface area contributed by atoms with Crippen LogP contribution in [0.5, 0.6) is 0 Å². The second-order valence-electron chi connectivity index (χ2n) is 6.34. The zero-order valence-corrected chi connectivity index (χ0v) is 18.8. The van der Waals surface area contributed by atoms with Gasteiger partial charge in [0.1, 0.15) is 5.01 Å². The average Bonchev–Trinajstić information content (AvgIpc) is 3.26. The number of amides is 1. The molecule has 0 spiro atoms. The largest absolute Gasteiger partial charge is 0.356 e. The quantitative estimate of drug-likeness (QED) is 0.278. The Bertz CT molecular complexity index is 767. The van der Waals surface area contributed by atoms with Gasteiger partial charge in [0.2, 0.25) is 5.91 Å². The fourth-order valence-electron chi connectivity index (χ4n) is 2.98. The molecule has 2 N–H and O–H groups in total. The second kappa shape index (κ2) is 10.6. The fourth-order valence-corrected chi connectivity index (χ4v) is 3.70. The highest BCUT2D eigenvalue weighted by Gasteiger charge is 2.22. The number of fused-ring (bicyclic) bond motifs is 1. The van der Waals surface area contributed by atoms with Crippen molar-refractivity contribution in [3.63, 3.8) is 0 Å². The number of aryl methyl sites for hydroxylation is 1. The molecule has 0 unspecified atom stereocenters. The molecular weight excluding hydrogens is 473 g/mol. The summed E-state index contributed by atoms with van der Waals surface area (Å²) in [6.45, 7) is 4.88. The number of guanidine groups is 1. The third-order valence-electron chi connectivity index (χ3n) is 4.35. The fraction of sp³-hybridized carbons (Fsp3) is 0.421. The van der Waals surface area contributed by atoms with Gasteiger partial charge in [0, 0.05) is 44.2 Å². The van der Waals surface area contributed by atoms with Crippen molar-refractivity contribution in [1.82, 2.24) is 20.5 Å². The number of nitrogens with one attached hydrogen (secondary N) is 2. The minimum atomic E-state index is 0. The zero-order chi connectivity index (χ0) is 18.4. The van der Waals surface area contributed by atoms with Gasteiger partial charge in [0.05, 0.1) is 6.54 Å². The normalized spacial score (nSPS) is 13.1. The highest BCUT2D eigenvalue weighted by Crippen LogP contribution is 2.22. The van der Waals surface area contributed by atoms with Gasteiger partial charge in [-0.15, -0.1) is 35.3 Å². The summed E-state index contributed by atoms with van der Waals surface area (Å²) in [6, 6.07) is 8.26. The molecule has 2 heterocycles. The van der Waals surface area contributed by atoms with E-state index in [2.05, 4.69) is 32.7 Å². The van der Waals surface area contributed by atoms with Crippen LogP contribution < -0.4 is 10.6 Å². The molecular formula is C19H26IN5OS. The Morgan fingerprint density at radius 2 is 1.96 bits per heavy atom. The predicted molar refractivity (Wildman–Crippen MR) is 120 cm³/mol. The maximum absolute atomic E-state index is 12.4. The molecule has 0 atom stereocenters. The van der Waals surface area contributed by atoms with Gasteiger partial charge < -0.3 is 15.5 Å². The zero-order valence-electron chi connectivity index (χ0n) is 15.7. The summed E-state index contributed by atoms with van der Waals surface area (Å²) in [5, 5.41) is 7.54. The molecule has 0 saturated carbocycles. The van der Waals surface area contributed by atoms with Gasteiger partial charge in [-0.2, -0.15) is 0 Å². The van der Waals surface area contributed by atoms with E-state index in [4.69, 9.17) is 0 Å². The highest BCUT2D eigenvalue weighted by atomic mass is 127. The lowest BCUT2D eigenvalue weighted by Crippen LogP contribution is -2.37. The van der Waals surface area contributed by atoms with Crippen molar-refractivity contribution in [1.29, 1.82) is 0 Å². The first-order chi connectivity index (χ1) is 12.7. The predicted octanol–water partition coefficient (Wildman–Crippen LogP) is 3.06. The van der Waals surface area contributed by atoms with E-state index < -0.39 is 0 Å². The maximum atomic E-state index is 12.4. The Labute approximate surface area is 181 Å². The summed E-state index contributed by atoms with van der Waals surface area (Å²) < 4.78 is 0.